The van der Waals surface area contributed by atoms with Gasteiger partial charge in [0.15, 0.2) is 17.4 Å². The van der Waals surface area contributed by atoms with Gasteiger partial charge in [-0.1, -0.05) is 59.8 Å². The highest BCUT2D eigenvalue weighted by Gasteiger charge is 2.50. The van der Waals surface area contributed by atoms with Gasteiger partial charge in [-0.25, -0.2) is 13.6 Å². The number of esters is 1. The number of Topliss-reactive ketones (excluding diaryl/α,β-unsaturated/α-hetero) is 1. The Bertz CT molecular complexity index is 3810. The fourth-order valence-electron chi connectivity index (χ4n) is 13.3. The molecule has 0 unspecified atom stereocenters. The van der Waals surface area contributed by atoms with Crippen molar-refractivity contribution >= 4 is 68.6 Å². The maximum absolute atomic E-state index is 15.6. The van der Waals surface area contributed by atoms with Crippen molar-refractivity contribution in [1.82, 2.24) is 30.4 Å². The van der Waals surface area contributed by atoms with E-state index in [1.54, 1.807) is 49.8 Å². The number of halogens is 2. The summed E-state index contributed by atoms with van der Waals surface area (Å²) in [5.74, 6) is -11.7. The van der Waals surface area contributed by atoms with Crippen LogP contribution in [0.25, 0.3) is 21.7 Å². The lowest BCUT2D eigenvalue weighted by Crippen LogP contribution is -2.54. The van der Waals surface area contributed by atoms with E-state index in [2.05, 4.69) is 31.3 Å². The summed E-state index contributed by atoms with van der Waals surface area (Å²) in [6, 6.07) is 0.297. The van der Waals surface area contributed by atoms with Gasteiger partial charge in [0.25, 0.3) is 11.7 Å². The van der Waals surface area contributed by atoms with Gasteiger partial charge >= 0.3 is 17.7 Å². The number of aliphatic hydroxyl groups excluding tert-OH is 4. The lowest BCUT2D eigenvalue weighted by atomic mass is 9.78. The molecule has 101 heavy (non-hydrogen) atoms. The predicted octanol–water partition coefficient (Wildman–Crippen LogP) is 6.12. The number of rotatable bonds is 16. The molecule has 1 amide bonds. The number of carbonyl (C=O) groups excluding carboxylic acids is 3. The third-order valence-electron chi connectivity index (χ3n) is 19.7. The summed E-state index contributed by atoms with van der Waals surface area (Å²) in [5.41, 5.74) is 3.19. The molecule has 1 aromatic heterocycles. The number of aliphatic hydroxyl groups is 4. The maximum Gasteiger partial charge on any atom is 0.341 e. The molecule has 2 saturated heterocycles. The van der Waals surface area contributed by atoms with E-state index in [-0.39, 0.29) is 99.1 Å². The number of fused-ring (bicyclic) bond motifs is 15. The Hall–Kier alpha value is -8.00. The number of pyridine rings is 1. The van der Waals surface area contributed by atoms with Gasteiger partial charge in [0.1, 0.15) is 34.6 Å². The van der Waals surface area contributed by atoms with Crippen LogP contribution in [0.4, 0.5) is 25.8 Å². The van der Waals surface area contributed by atoms with Crippen LogP contribution in [-0.4, -0.2) is 219 Å². The largest absolute Gasteiger partial charge is 0.507 e. The molecular formula is C72H104F2N10O17. The van der Waals surface area contributed by atoms with Gasteiger partial charge in [-0.15, -0.1) is 0 Å². The van der Waals surface area contributed by atoms with Crippen molar-refractivity contribution in [2.75, 3.05) is 95.7 Å². The minimum atomic E-state index is -2.04. The Labute approximate surface area is 587 Å². The number of carbonyl (C=O) groups is 4. The zero-order valence-electron chi connectivity index (χ0n) is 60.3. The molecule has 1 saturated carbocycles. The summed E-state index contributed by atoms with van der Waals surface area (Å²) in [6.45, 7) is 25.8. The number of nitrogens with one attached hydrogen (secondary N) is 4. The first kappa shape index (κ1) is 80.3. The number of aromatic carboxylic acids is 1. The summed E-state index contributed by atoms with van der Waals surface area (Å²) in [4.78, 5) is 68.3. The second kappa shape index (κ2) is 34.8. The number of piperazine rings is 2. The number of anilines is 3. The first-order chi connectivity index (χ1) is 47.7. The molecule has 3 fully saturated rings. The van der Waals surface area contributed by atoms with Gasteiger partial charge in [0.05, 0.1) is 82.8 Å². The monoisotopic (exact) mass is 1420 g/mol. The number of carboxylic acid groups (broad SMARTS) is 1. The standard InChI is InChI=1S/C43H58N4O12.C19H22F2N4O3.C10H24N2O2/c1-21-12-11-13-22(2)42(55)45-33-28(20-44-47-17-15-46(9)16-18-47)37(52)30-31(38(33)53)36(51)26(6)40-32(30)41(54)43(8,59-40)57-19-14-29(56-10)23(3)39(58-27(7)48)25(5)35(50)24(4)34(21)49;1-8-5-24(6-9(2)23-8)17-13(20)15(22)12-16(14(17)21)25(10-3-4-10)7-11(18(12)26)19(27)28;1-3-9(7-13)11-5-6-12-10(4-2)8-14/h11-14,19-21,23-25,29,34-35,39,49-53H,15-18H2,1-10H3,(H,45,55);7-10,23H,3-6,22H2,1-2H3,(H,27,28);9-14H,3-8H2,1-2H3/b12-11+,19-14+,22-13-,44-20+;;/t21-,23+,24+,25+,29-,34-,35+,39+,43-;8-,9+;9-,10-/m0.0/s1. The van der Waals surface area contributed by atoms with Crippen LogP contribution in [0.15, 0.2) is 52.2 Å². The number of methoxy groups -OCH3 is 1. The minimum absolute atomic E-state index is 0.0134. The maximum atomic E-state index is 15.6. The molecule has 0 spiro atoms. The topological polar surface area (TPSA) is 385 Å². The molecule has 29 heteroatoms. The van der Waals surface area contributed by atoms with E-state index in [0.717, 1.165) is 58.1 Å². The van der Waals surface area contributed by atoms with Crippen LogP contribution in [0.3, 0.4) is 0 Å². The van der Waals surface area contributed by atoms with Gasteiger partial charge in [0, 0.05) is 150 Å². The molecule has 6 heterocycles. The Balaban J connectivity index is 0.000000277. The van der Waals surface area contributed by atoms with E-state index < -0.39 is 128 Å². The molecule has 14 N–H and O–H groups in total. The van der Waals surface area contributed by atoms with Crippen LogP contribution in [0.5, 0.6) is 23.0 Å². The molecule has 10 rings (SSSR count). The van der Waals surface area contributed by atoms with Crippen molar-refractivity contribution in [3.05, 3.63) is 86.4 Å². The van der Waals surface area contributed by atoms with Crippen LogP contribution in [-0.2, 0) is 23.8 Å². The first-order valence-electron chi connectivity index (χ1n) is 34.6. The molecule has 0 radical (unpaired) electrons. The van der Waals surface area contributed by atoms with Crippen molar-refractivity contribution in [3.8, 4) is 23.0 Å². The van der Waals surface area contributed by atoms with Crippen molar-refractivity contribution in [2.24, 2.45) is 28.8 Å². The van der Waals surface area contributed by atoms with E-state index in [4.69, 9.17) is 34.9 Å². The summed E-state index contributed by atoms with van der Waals surface area (Å²) < 4.78 is 55.8. The third kappa shape index (κ3) is 18.1. The number of benzene rings is 3. The number of aromatic hydroxyl groups is 3. The summed E-state index contributed by atoms with van der Waals surface area (Å²) >= 11 is 0. The Morgan fingerprint density at radius 3 is 2.00 bits per heavy atom. The average Bonchev–Trinajstić information content (AvgIpc) is 1.65. The Morgan fingerprint density at radius 2 is 1.46 bits per heavy atom. The highest BCUT2D eigenvalue weighted by molar-refractivity contribution is 6.24. The minimum Gasteiger partial charge on any atom is -0.507 e. The molecule has 558 valence electrons. The number of hydrogen-bond donors (Lipinski definition) is 13. The highest BCUT2D eigenvalue weighted by atomic mass is 19.1. The lowest BCUT2D eigenvalue weighted by molar-refractivity contribution is -0.160. The van der Waals surface area contributed by atoms with Crippen LogP contribution < -0.4 is 42.1 Å². The number of ether oxygens (including phenoxy) is 4. The Morgan fingerprint density at radius 1 is 0.851 bits per heavy atom. The van der Waals surface area contributed by atoms with Crippen molar-refractivity contribution < 1.29 is 87.8 Å². The van der Waals surface area contributed by atoms with E-state index >= 15 is 8.78 Å². The predicted molar refractivity (Wildman–Crippen MR) is 381 cm³/mol. The smallest absolute Gasteiger partial charge is 0.341 e. The van der Waals surface area contributed by atoms with Gasteiger partial charge in [0.2, 0.25) is 5.43 Å². The number of amides is 1. The number of aromatic nitrogens is 1. The number of phenols is 3. The zero-order valence-corrected chi connectivity index (χ0v) is 60.3. The molecule has 6 aliphatic rings. The number of likely N-dealkylation sites (N-methyl/N-ethyl adjacent to an activating group) is 1. The fraction of sp³-hybridized carbons (Fsp3) is 0.583. The van der Waals surface area contributed by atoms with Gasteiger partial charge in [-0.2, -0.15) is 5.10 Å². The van der Waals surface area contributed by atoms with Gasteiger partial charge in [-0.3, -0.25) is 24.2 Å². The zero-order chi connectivity index (χ0) is 74.8. The molecule has 13 atom stereocenters. The number of ketones is 1. The van der Waals surface area contributed by atoms with E-state index in [1.165, 1.54) is 64.0 Å². The molecule has 3 aromatic carbocycles. The number of nitrogen functional groups attached to an aromatic ring is 1. The fourth-order valence-corrected chi connectivity index (χ4v) is 13.3. The quantitative estimate of drug-likeness (QED) is 0.0150. The van der Waals surface area contributed by atoms with E-state index in [9.17, 15) is 54.6 Å². The van der Waals surface area contributed by atoms with Crippen LogP contribution >= 0.6 is 0 Å². The van der Waals surface area contributed by atoms with Crippen molar-refractivity contribution in [3.63, 3.8) is 0 Å². The summed E-state index contributed by atoms with van der Waals surface area (Å²) in [7, 11) is 3.42. The lowest BCUT2D eigenvalue weighted by Gasteiger charge is -2.38. The normalized spacial score (nSPS) is 27.1. The van der Waals surface area contributed by atoms with Crippen molar-refractivity contribution in [1.29, 1.82) is 0 Å². The van der Waals surface area contributed by atoms with Gasteiger partial charge < -0.3 is 101 Å². The molecule has 5 bridgehead atoms. The molecule has 27 nitrogen and oxygen atoms in total. The van der Waals surface area contributed by atoms with E-state index in [0.29, 0.717) is 26.2 Å². The number of hydrogen-bond acceptors (Lipinski definition) is 24. The van der Waals surface area contributed by atoms with Crippen LogP contribution in [0.2, 0.25) is 0 Å². The number of phenolic OH excluding ortho intramolecular Hbond substituents is 3. The molecular weight excluding hydrogens is 1310 g/mol. The van der Waals surface area contributed by atoms with Gasteiger partial charge in [-0.05, 0) is 66.5 Å². The van der Waals surface area contributed by atoms with Crippen LogP contribution in [0, 0.1) is 42.2 Å². The number of nitrogens with zero attached hydrogens (tertiary/aromatic N) is 5. The molecule has 4 aromatic rings. The molecule has 1 aliphatic carbocycles. The molecule has 5 aliphatic heterocycles. The SMILES string of the molecule is CC[C@@H](CO)NCCN[C@@H](CC)CO.CO[C@H]1/C=C/O[C@@]2(C)Oc3c(C)c(O)c4c(O)c(c(/C=N/N5CCN(C)CC5)c(O)c4c3C2=O)NC(=O)/C(C)=C\C=C\[C@H](C)[C@H](O)[C@@H](C)[C@@H](O)[C@@H](C)[C@H](OC(C)=O)[C@@H]1C.C[C@@H]1CN(c2c(F)c(N)c3c(=O)c(C(=O)O)cn(C4CC4)c3c2F)C[C@H](C)N1. The number of hydrazone groups is 1. The Kier molecular flexibility index (Phi) is 27.7. The summed E-state index contributed by atoms with van der Waals surface area (Å²) in [6.07, 6.45) is 9.34. The summed E-state index contributed by atoms with van der Waals surface area (Å²) in [5, 5.41) is 103. The number of nitrogens with two attached hydrogens (primary N) is 1. The van der Waals surface area contributed by atoms with E-state index in [1.807, 2.05) is 34.7 Å². The first-order valence-corrected chi connectivity index (χ1v) is 34.6. The van der Waals surface area contributed by atoms with Crippen LogP contribution in [0.1, 0.15) is 140 Å². The average molecular weight is 1420 g/mol. The number of carboxylic acids is 1. The van der Waals surface area contributed by atoms with Crippen molar-refractivity contribution in [2.45, 2.75) is 169 Å². The second-order valence-corrected chi connectivity index (χ2v) is 27.4. The number of allylic oxidation sites excluding steroid dienone is 2. The highest BCUT2D eigenvalue weighted by Crippen LogP contribution is 2.55. The third-order valence-corrected chi connectivity index (χ3v) is 19.7. The second-order valence-electron chi connectivity index (χ2n) is 27.4.